The molecule has 3 heterocycles. The topological polar surface area (TPSA) is 205 Å². The number of hydrogen-bond acceptors (Lipinski definition) is 13. The second-order valence-corrected chi connectivity index (χ2v) is 9.77. The molecule has 2 aromatic carbocycles. The van der Waals surface area contributed by atoms with Gasteiger partial charge in [-0.3, -0.25) is 4.79 Å². The zero-order chi connectivity index (χ0) is 27.9. The molecule has 0 aromatic heterocycles. The second-order valence-electron chi connectivity index (χ2n) is 9.77. The zero-order valence-electron chi connectivity index (χ0n) is 20.6. The average Bonchev–Trinajstić information content (AvgIpc) is 3.21. The molecule has 3 aliphatic heterocycles. The number of aliphatic hydroxyl groups is 6. The first-order valence-electron chi connectivity index (χ1n) is 12.3. The van der Waals surface area contributed by atoms with E-state index in [0.29, 0.717) is 0 Å². The maximum absolute atomic E-state index is 12.8. The molecule has 2 aromatic rings. The summed E-state index contributed by atoms with van der Waals surface area (Å²) in [5, 5.41) is 71.4. The number of phenolic OH excluding ortho intramolecular Hbond substituents is 1. The number of rotatable bonds is 7. The molecule has 5 rings (SSSR count). The first kappa shape index (κ1) is 27.7. The summed E-state index contributed by atoms with van der Waals surface area (Å²) in [4.78, 5) is 12.8. The number of fused-ring (bicyclic) bond motifs is 1. The molecular formula is C26H30O13. The molecule has 0 aliphatic carbocycles. The van der Waals surface area contributed by atoms with Gasteiger partial charge in [0.25, 0.3) is 0 Å². The highest BCUT2D eigenvalue weighted by Gasteiger charge is 2.53. The second kappa shape index (κ2) is 11.0. The van der Waals surface area contributed by atoms with Crippen molar-refractivity contribution in [3.05, 3.63) is 53.6 Å². The molecule has 9 unspecified atom stereocenters. The van der Waals surface area contributed by atoms with Crippen LogP contribution in [0.2, 0.25) is 0 Å². The van der Waals surface area contributed by atoms with Crippen LogP contribution in [0.3, 0.4) is 0 Å². The third kappa shape index (κ3) is 5.20. The van der Waals surface area contributed by atoms with Crippen LogP contribution in [0.25, 0.3) is 0 Å². The summed E-state index contributed by atoms with van der Waals surface area (Å²) < 4.78 is 28.3. The van der Waals surface area contributed by atoms with Crippen molar-refractivity contribution >= 4 is 5.78 Å². The number of phenols is 1. The molecule has 0 bridgehead atoms. The van der Waals surface area contributed by atoms with E-state index in [1.165, 1.54) is 6.07 Å². The van der Waals surface area contributed by atoms with Crippen LogP contribution in [0.15, 0.2) is 42.5 Å². The monoisotopic (exact) mass is 550 g/mol. The van der Waals surface area contributed by atoms with E-state index in [2.05, 4.69) is 0 Å². The number of ether oxygens (including phenoxy) is 5. The number of benzene rings is 2. The van der Waals surface area contributed by atoms with Crippen molar-refractivity contribution in [1.29, 1.82) is 0 Å². The van der Waals surface area contributed by atoms with Crippen LogP contribution in [0.5, 0.6) is 17.2 Å². The minimum atomic E-state index is -2.02. The van der Waals surface area contributed by atoms with Crippen molar-refractivity contribution < 1.29 is 64.2 Å². The number of ketones is 1. The lowest BCUT2D eigenvalue weighted by Gasteiger charge is -2.42. The van der Waals surface area contributed by atoms with E-state index in [1.807, 2.05) is 6.07 Å². The predicted molar refractivity (Wildman–Crippen MR) is 128 cm³/mol. The Labute approximate surface area is 222 Å². The number of Topliss-reactive ketones (excluding diaryl/α,β-unsaturated/α-hetero) is 1. The van der Waals surface area contributed by atoms with E-state index >= 15 is 0 Å². The fourth-order valence-electron chi connectivity index (χ4n) is 4.83. The molecular weight excluding hydrogens is 520 g/mol. The molecule has 9 atom stereocenters. The van der Waals surface area contributed by atoms with E-state index < -0.39 is 80.4 Å². The Hall–Kier alpha value is -2.85. The van der Waals surface area contributed by atoms with Gasteiger partial charge in [-0.15, -0.1) is 0 Å². The zero-order valence-corrected chi connectivity index (χ0v) is 20.6. The fraction of sp³-hybridized carbons (Fsp3) is 0.500. The molecule has 212 valence electrons. The standard InChI is InChI=1S/C26H30O13/c27-9-18-20(31)21(32)22(39-25-23(33)26(34,10-28)11-35-25)24(38-18)36-13-6-14(29)19-15(30)8-16(37-17(19)7-13)12-4-2-1-3-5-12/h1-7,16,18,20-25,27-29,31-34H,8-11H2. The lowest BCUT2D eigenvalue weighted by molar-refractivity contribution is -0.318. The molecule has 39 heavy (non-hydrogen) atoms. The maximum Gasteiger partial charge on any atom is 0.229 e. The molecule has 0 amide bonds. The Balaban J connectivity index is 1.41. The normalized spacial score (nSPS) is 36.3. The Bertz CT molecular complexity index is 1180. The molecule has 2 saturated heterocycles. The fourth-order valence-corrected chi connectivity index (χ4v) is 4.83. The van der Waals surface area contributed by atoms with E-state index in [-0.39, 0.29) is 29.3 Å². The van der Waals surface area contributed by atoms with Crippen molar-refractivity contribution in [3.63, 3.8) is 0 Å². The molecule has 0 spiro atoms. The molecule has 0 saturated carbocycles. The molecule has 13 nitrogen and oxygen atoms in total. The van der Waals surface area contributed by atoms with Gasteiger partial charge in [0, 0.05) is 12.1 Å². The minimum absolute atomic E-state index is 0.0125. The van der Waals surface area contributed by atoms with Gasteiger partial charge >= 0.3 is 0 Å². The van der Waals surface area contributed by atoms with Gasteiger partial charge in [0.1, 0.15) is 58.9 Å². The van der Waals surface area contributed by atoms with Crippen LogP contribution in [0.4, 0.5) is 0 Å². The summed E-state index contributed by atoms with van der Waals surface area (Å²) >= 11 is 0. The van der Waals surface area contributed by atoms with Crippen LogP contribution in [0, 0.1) is 0 Å². The molecule has 7 N–H and O–H groups in total. The average molecular weight is 551 g/mol. The van der Waals surface area contributed by atoms with Crippen molar-refractivity contribution in [3.8, 4) is 17.2 Å². The molecule has 13 heteroatoms. The van der Waals surface area contributed by atoms with Crippen LogP contribution < -0.4 is 9.47 Å². The molecule has 0 radical (unpaired) electrons. The van der Waals surface area contributed by atoms with Crippen molar-refractivity contribution in [2.24, 2.45) is 0 Å². The van der Waals surface area contributed by atoms with Gasteiger partial charge in [-0.1, -0.05) is 30.3 Å². The van der Waals surface area contributed by atoms with Crippen molar-refractivity contribution in [1.82, 2.24) is 0 Å². The van der Waals surface area contributed by atoms with Crippen LogP contribution in [0.1, 0.15) is 28.4 Å². The highest BCUT2D eigenvalue weighted by Crippen LogP contribution is 2.42. The Kier molecular flexibility index (Phi) is 7.79. The van der Waals surface area contributed by atoms with Crippen molar-refractivity contribution in [2.75, 3.05) is 19.8 Å². The van der Waals surface area contributed by atoms with E-state index in [1.54, 1.807) is 24.3 Å². The van der Waals surface area contributed by atoms with Gasteiger partial charge < -0.3 is 59.4 Å². The summed E-state index contributed by atoms with van der Waals surface area (Å²) in [6.07, 6.45) is -11.6. The third-order valence-electron chi connectivity index (χ3n) is 7.09. The van der Waals surface area contributed by atoms with Gasteiger partial charge in [-0.05, 0) is 5.56 Å². The smallest absolute Gasteiger partial charge is 0.229 e. The summed E-state index contributed by atoms with van der Waals surface area (Å²) in [5.74, 6) is -0.780. The summed E-state index contributed by atoms with van der Waals surface area (Å²) in [5.41, 5.74) is -1.29. The number of hydrogen-bond donors (Lipinski definition) is 7. The number of aromatic hydroxyl groups is 1. The molecule has 3 aliphatic rings. The predicted octanol–water partition coefficient (Wildman–Crippen LogP) is -1.26. The van der Waals surface area contributed by atoms with Crippen LogP contribution in [-0.4, -0.2) is 110 Å². The first-order chi connectivity index (χ1) is 18.6. The number of carbonyl (C=O) groups is 1. The van der Waals surface area contributed by atoms with E-state index in [0.717, 1.165) is 11.6 Å². The van der Waals surface area contributed by atoms with Gasteiger partial charge in [0.05, 0.1) is 26.2 Å². The largest absolute Gasteiger partial charge is 0.507 e. The Morgan fingerprint density at radius 3 is 2.44 bits per heavy atom. The molecule has 2 fully saturated rings. The Morgan fingerprint density at radius 1 is 1.03 bits per heavy atom. The third-order valence-corrected chi connectivity index (χ3v) is 7.09. The van der Waals surface area contributed by atoms with Gasteiger partial charge in [-0.25, -0.2) is 0 Å². The number of carbonyl (C=O) groups excluding carboxylic acids is 1. The first-order valence-corrected chi connectivity index (χ1v) is 12.3. The summed E-state index contributed by atoms with van der Waals surface area (Å²) in [7, 11) is 0. The van der Waals surface area contributed by atoms with Gasteiger partial charge in [-0.2, -0.15) is 0 Å². The Morgan fingerprint density at radius 2 is 1.77 bits per heavy atom. The van der Waals surface area contributed by atoms with Gasteiger partial charge in [0.2, 0.25) is 6.29 Å². The maximum atomic E-state index is 12.8. The highest BCUT2D eigenvalue weighted by molar-refractivity contribution is 6.02. The lowest BCUT2D eigenvalue weighted by Crippen LogP contribution is -2.62. The van der Waals surface area contributed by atoms with Crippen LogP contribution in [-0.2, 0) is 14.2 Å². The van der Waals surface area contributed by atoms with Gasteiger partial charge in [0.15, 0.2) is 18.2 Å². The minimum Gasteiger partial charge on any atom is -0.507 e. The summed E-state index contributed by atoms with van der Waals surface area (Å²) in [6.45, 7) is -1.99. The number of aliphatic hydroxyl groups excluding tert-OH is 5. The lowest BCUT2D eigenvalue weighted by atomic mass is 9.95. The summed E-state index contributed by atoms with van der Waals surface area (Å²) in [6, 6.07) is 11.5. The SMILES string of the molecule is O=C1CC(c2ccccc2)Oc2cc(OC3OC(CO)C(O)C(O)C3OC3OCC(O)(CO)C3O)cc(O)c21. The van der Waals surface area contributed by atoms with Crippen LogP contribution >= 0.6 is 0 Å². The van der Waals surface area contributed by atoms with Crippen molar-refractivity contribution in [2.45, 2.75) is 61.2 Å². The van der Waals surface area contributed by atoms with E-state index in [9.17, 15) is 40.5 Å². The quantitative estimate of drug-likeness (QED) is 0.215. The van der Waals surface area contributed by atoms with E-state index in [4.69, 9.17) is 23.7 Å². The highest BCUT2D eigenvalue weighted by atomic mass is 16.8.